The zero-order valence-electron chi connectivity index (χ0n) is 24.8. The van der Waals surface area contributed by atoms with Crippen molar-refractivity contribution >= 4 is 51.4 Å². The van der Waals surface area contributed by atoms with Crippen molar-refractivity contribution in [3.63, 3.8) is 0 Å². The molecule has 0 saturated carbocycles. The quantitative estimate of drug-likeness (QED) is 0.167. The highest BCUT2D eigenvalue weighted by atomic mass is 35.5. The van der Waals surface area contributed by atoms with Crippen molar-refractivity contribution in [2.45, 2.75) is 32.2 Å². The number of nitrogens with one attached hydrogen (secondary N) is 1. The molecule has 0 aliphatic carbocycles. The molecule has 2 aromatic carbocycles. The Balaban J connectivity index is 1.26. The molecule has 7 rings (SSSR count). The van der Waals surface area contributed by atoms with E-state index in [9.17, 15) is 23.1 Å². The molecule has 4 aromatic heterocycles. The number of carbonyl (C=O) groups is 1. The molecule has 238 valence electrons. The monoisotopic (exact) mass is 658 g/mol. The second-order valence-corrected chi connectivity index (χ2v) is 11.8. The Bertz CT molecular complexity index is 2170. The van der Waals surface area contributed by atoms with Gasteiger partial charge in [0, 0.05) is 60.4 Å². The normalized spacial score (nSPS) is 15.5. The summed E-state index contributed by atoms with van der Waals surface area (Å²) in [5, 5.41) is 14.0. The number of aliphatic hydroxyl groups excluding tert-OH is 1. The molecule has 1 aliphatic rings. The fourth-order valence-electron chi connectivity index (χ4n) is 5.98. The predicted octanol–water partition coefficient (Wildman–Crippen LogP) is 7.60. The zero-order chi connectivity index (χ0) is 32.9. The number of aromatic nitrogens is 4. The minimum atomic E-state index is -4.83. The van der Waals surface area contributed by atoms with Gasteiger partial charge in [-0.25, -0.2) is 9.97 Å². The number of oxazole rings is 1. The first kappa shape index (κ1) is 30.7. The second kappa shape index (κ2) is 12.0. The Morgan fingerprint density at radius 2 is 1.94 bits per heavy atom. The minimum absolute atomic E-state index is 0.0556. The molecule has 5 heterocycles. The van der Waals surface area contributed by atoms with Crippen molar-refractivity contribution in [3.05, 3.63) is 94.4 Å². The first-order valence-corrected chi connectivity index (χ1v) is 15.1. The van der Waals surface area contributed by atoms with Crippen molar-refractivity contribution in [2.75, 3.05) is 18.4 Å². The van der Waals surface area contributed by atoms with Crippen LogP contribution in [0.25, 0.3) is 44.7 Å². The predicted molar refractivity (Wildman–Crippen MR) is 172 cm³/mol. The van der Waals surface area contributed by atoms with Crippen LogP contribution in [0.5, 0.6) is 0 Å². The van der Waals surface area contributed by atoms with Crippen LogP contribution in [0, 0.1) is 6.92 Å². The Morgan fingerprint density at radius 3 is 2.70 bits per heavy atom. The maximum absolute atomic E-state index is 14.8. The van der Waals surface area contributed by atoms with E-state index in [-0.39, 0.29) is 50.5 Å². The number of hydrogen-bond acceptors (Lipinski definition) is 9. The molecule has 1 saturated heterocycles. The van der Waals surface area contributed by atoms with Crippen LogP contribution in [-0.2, 0) is 12.7 Å². The fraction of sp³-hybridized carbons (Fsp3) is 0.206. The van der Waals surface area contributed by atoms with Gasteiger partial charge in [0.25, 0.3) is 0 Å². The molecule has 47 heavy (non-hydrogen) atoms. The summed E-state index contributed by atoms with van der Waals surface area (Å²) in [6.45, 7) is 3.80. The number of alkyl halides is 3. The summed E-state index contributed by atoms with van der Waals surface area (Å²) in [7, 11) is 0. The third-order valence-electron chi connectivity index (χ3n) is 8.22. The molecule has 13 heteroatoms. The van der Waals surface area contributed by atoms with Crippen LogP contribution in [-0.4, -0.2) is 55.4 Å². The molecule has 1 fully saturated rings. The summed E-state index contributed by atoms with van der Waals surface area (Å²) in [6.07, 6.45) is 0.850. The molecule has 2 N–H and O–H groups in total. The van der Waals surface area contributed by atoms with Crippen LogP contribution in [0.1, 0.15) is 33.5 Å². The molecule has 0 spiro atoms. The minimum Gasteiger partial charge on any atom is -0.434 e. The third kappa shape index (κ3) is 5.91. The molecule has 0 unspecified atom stereocenters. The van der Waals surface area contributed by atoms with E-state index in [1.165, 1.54) is 24.4 Å². The van der Waals surface area contributed by atoms with Gasteiger partial charge in [-0.1, -0.05) is 23.7 Å². The molecule has 1 atom stereocenters. The lowest BCUT2D eigenvalue weighted by molar-refractivity contribution is -0.136. The summed E-state index contributed by atoms with van der Waals surface area (Å²) in [4.78, 5) is 31.0. The number of likely N-dealkylation sites (tertiary alicyclic amines) is 1. The van der Waals surface area contributed by atoms with E-state index in [0.29, 0.717) is 42.0 Å². The number of halogens is 4. The van der Waals surface area contributed by atoms with Gasteiger partial charge >= 0.3 is 6.18 Å². The number of fused-ring (bicyclic) bond motifs is 2. The number of aldehydes is 1. The first-order chi connectivity index (χ1) is 22.6. The summed E-state index contributed by atoms with van der Waals surface area (Å²) >= 11 is 6.23. The number of β-amino-alcohol motifs (C(OH)–C–C–N with tert-alkyl or cyclic N) is 1. The molecule has 6 aromatic rings. The highest BCUT2D eigenvalue weighted by Gasteiger charge is 2.39. The van der Waals surface area contributed by atoms with E-state index in [1.54, 1.807) is 37.5 Å². The SMILES string of the molecule is Cc1c(Nc2nccc3cc(CN4CC[C@@H](O)C4)cnc23)cccc1-c1nccc(-c2nc3cc(C=O)cc(Cl)c3o2)c1C(F)(F)F. The number of benzene rings is 2. The number of anilines is 2. The number of pyridine rings is 3. The van der Waals surface area contributed by atoms with Gasteiger partial charge < -0.3 is 14.8 Å². The fourth-order valence-corrected chi connectivity index (χ4v) is 6.24. The number of rotatable bonds is 7. The van der Waals surface area contributed by atoms with Crippen LogP contribution in [0.3, 0.4) is 0 Å². The summed E-state index contributed by atoms with van der Waals surface area (Å²) in [6, 6.07) is 12.8. The van der Waals surface area contributed by atoms with E-state index in [1.807, 2.05) is 12.1 Å². The lowest BCUT2D eigenvalue weighted by atomic mass is 9.96. The molecular formula is C34H26ClF3N6O3. The van der Waals surface area contributed by atoms with Crippen molar-refractivity contribution in [2.24, 2.45) is 0 Å². The van der Waals surface area contributed by atoms with Gasteiger partial charge in [-0.2, -0.15) is 13.2 Å². The lowest BCUT2D eigenvalue weighted by Crippen LogP contribution is -2.21. The summed E-state index contributed by atoms with van der Waals surface area (Å²) in [5.41, 5.74) is 1.65. The highest BCUT2D eigenvalue weighted by Crippen LogP contribution is 2.44. The van der Waals surface area contributed by atoms with Gasteiger partial charge in [0.15, 0.2) is 11.4 Å². The third-order valence-corrected chi connectivity index (χ3v) is 8.50. The van der Waals surface area contributed by atoms with Crippen LogP contribution in [0.2, 0.25) is 5.02 Å². The smallest absolute Gasteiger partial charge is 0.419 e. The van der Waals surface area contributed by atoms with Crippen LogP contribution in [0.4, 0.5) is 24.7 Å². The van der Waals surface area contributed by atoms with Crippen LogP contribution in [0.15, 0.2) is 71.5 Å². The molecule has 0 bridgehead atoms. The zero-order valence-corrected chi connectivity index (χ0v) is 25.6. The largest absolute Gasteiger partial charge is 0.434 e. The maximum atomic E-state index is 14.8. The Labute approximate surface area is 271 Å². The van der Waals surface area contributed by atoms with Gasteiger partial charge in [-0.15, -0.1) is 0 Å². The van der Waals surface area contributed by atoms with Gasteiger partial charge in [-0.3, -0.25) is 19.7 Å². The summed E-state index contributed by atoms with van der Waals surface area (Å²) in [5.74, 6) is 0.140. The molecule has 0 amide bonds. The molecular weight excluding hydrogens is 633 g/mol. The average Bonchev–Trinajstić information content (AvgIpc) is 3.67. The van der Waals surface area contributed by atoms with Crippen molar-refractivity contribution in [1.29, 1.82) is 0 Å². The number of carbonyl (C=O) groups excluding carboxylic acids is 1. The highest BCUT2D eigenvalue weighted by molar-refractivity contribution is 6.35. The van der Waals surface area contributed by atoms with Gasteiger partial charge in [0.2, 0.25) is 5.89 Å². The molecule has 1 aliphatic heterocycles. The molecule has 9 nitrogen and oxygen atoms in total. The standard InChI is InChI=1S/C34H26ClF3N6O3/c1-18-23(30-28(34(36,37)38)24(6-9-39-30)33-43-27-13-19(17-45)12-25(35)31(27)47-33)3-2-4-26(18)42-32-29-21(5-8-40-32)11-20(14-41-29)15-44-10-7-22(46)16-44/h2-6,8-9,11-14,17,22,46H,7,10,15-16H2,1H3,(H,40,42)/t22-/m1/s1. The number of nitrogens with zero attached hydrogens (tertiary/aromatic N) is 5. The number of hydrogen-bond donors (Lipinski definition) is 2. The van der Waals surface area contributed by atoms with Gasteiger partial charge in [0.1, 0.15) is 17.3 Å². The first-order valence-electron chi connectivity index (χ1n) is 14.7. The van der Waals surface area contributed by atoms with Crippen LogP contribution < -0.4 is 5.32 Å². The second-order valence-electron chi connectivity index (χ2n) is 11.4. The Hall–Kier alpha value is -4.91. The van der Waals surface area contributed by atoms with Gasteiger partial charge in [-0.05, 0) is 60.9 Å². The maximum Gasteiger partial charge on any atom is 0.419 e. The van der Waals surface area contributed by atoms with Gasteiger partial charge in [0.05, 0.1) is 27.9 Å². The average molecular weight is 659 g/mol. The Morgan fingerprint density at radius 1 is 1.11 bits per heavy atom. The van der Waals surface area contributed by atoms with Crippen LogP contribution >= 0.6 is 11.6 Å². The van der Waals surface area contributed by atoms with Crippen molar-refractivity contribution in [3.8, 4) is 22.7 Å². The van der Waals surface area contributed by atoms with E-state index in [2.05, 4.69) is 30.2 Å². The summed E-state index contributed by atoms with van der Waals surface area (Å²) < 4.78 is 50.2. The Kier molecular flexibility index (Phi) is 7.87. The van der Waals surface area contributed by atoms with E-state index >= 15 is 0 Å². The topological polar surface area (TPSA) is 117 Å². The van der Waals surface area contributed by atoms with Crippen molar-refractivity contribution < 1.29 is 27.5 Å². The number of aliphatic hydroxyl groups is 1. The van der Waals surface area contributed by atoms with Crippen molar-refractivity contribution in [1.82, 2.24) is 24.8 Å². The van der Waals surface area contributed by atoms with E-state index < -0.39 is 11.7 Å². The van der Waals surface area contributed by atoms with E-state index in [0.717, 1.165) is 23.9 Å². The van der Waals surface area contributed by atoms with E-state index in [4.69, 9.17) is 16.0 Å². The molecule has 0 radical (unpaired) electrons. The lowest BCUT2D eigenvalue weighted by Gasteiger charge is -2.18.